The third kappa shape index (κ3) is 3.22. The van der Waals surface area contributed by atoms with E-state index in [9.17, 15) is 9.90 Å². The Morgan fingerprint density at radius 3 is 2.95 bits per heavy atom. The van der Waals surface area contributed by atoms with Crippen LogP contribution in [0.4, 0.5) is 0 Å². The van der Waals surface area contributed by atoms with E-state index < -0.39 is 6.04 Å². The molecule has 1 amide bonds. The highest BCUT2D eigenvalue weighted by molar-refractivity contribution is 5.92. The highest BCUT2D eigenvalue weighted by Crippen LogP contribution is 2.31. The summed E-state index contributed by atoms with van der Waals surface area (Å²) in [6, 6.07) is 4.71. The molecule has 0 spiro atoms. The maximum absolute atomic E-state index is 12.3. The van der Waals surface area contributed by atoms with Gasteiger partial charge in [0.15, 0.2) is 0 Å². The highest BCUT2D eigenvalue weighted by atomic mass is 16.3. The molecule has 6 heteroatoms. The van der Waals surface area contributed by atoms with Gasteiger partial charge >= 0.3 is 0 Å². The quantitative estimate of drug-likeness (QED) is 0.791. The maximum Gasteiger partial charge on any atom is 0.272 e. The fourth-order valence-electron chi connectivity index (χ4n) is 3.00. The molecule has 0 aromatic carbocycles. The van der Waals surface area contributed by atoms with Crippen LogP contribution in [-0.4, -0.2) is 27.8 Å². The van der Waals surface area contributed by atoms with Gasteiger partial charge in [-0.2, -0.15) is 5.10 Å². The molecule has 3 rings (SSSR count). The van der Waals surface area contributed by atoms with Crippen molar-refractivity contribution in [2.75, 3.05) is 6.61 Å². The number of amides is 1. The van der Waals surface area contributed by atoms with Crippen LogP contribution in [0, 0.1) is 0 Å². The van der Waals surface area contributed by atoms with E-state index in [0.717, 1.165) is 18.5 Å². The zero-order valence-corrected chi connectivity index (χ0v) is 12.4. The van der Waals surface area contributed by atoms with Crippen molar-refractivity contribution < 1.29 is 14.3 Å². The molecule has 0 radical (unpaired) electrons. The number of carbonyl (C=O) groups excluding carboxylic acids is 1. The Bertz CT molecular complexity index is 600. The predicted octanol–water partition coefficient (Wildman–Crippen LogP) is 2.51. The molecular weight excluding hydrogens is 282 g/mol. The van der Waals surface area contributed by atoms with Gasteiger partial charge in [-0.25, -0.2) is 0 Å². The SMILES string of the molecule is O=C(NC(CO)c1ccco1)c1cc(C2CCCCC2)[nH]n1. The number of carbonyl (C=O) groups is 1. The highest BCUT2D eigenvalue weighted by Gasteiger charge is 2.22. The molecule has 3 N–H and O–H groups in total. The van der Waals surface area contributed by atoms with E-state index >= 15 is 0 Å². The van der Waals surface area contributed by atoms with E-state index in [1.807, 2.05) is 6.07 Å². The second kappa shape index (κ2) is 6.79. The largest absolute Gasteiger partial charge is 0.467 e. The van der Waals surface area contributed by atoms with Crippen molar-refractivity contribution in [1.29, 1.82) is 0 Å². The number of hydrogen-bond donors (Lipinski definition) is 3. The lowest BCUT2D eigenvalue weighted by atomic mass is 9.87. The van der Waals surface area contributed by atoms with E-state index in [2.05, 4.69) is 15.5 Å². The van der Waals surface area contributed by atoms with Gasteiger partial charge in [-0.1, -0.05) is 19.3 Å². The van der Waals surface area contributed by atoms with Crippen molar-refractivity contribution in [1.82, 2.24) is 15.5 Å². The van der Waals surface area contributed by atoms with E-state index in [1.54, 1.807) is 12.1 Å². The van der Waals surface area contributed by atoms with Crippen LogP contribution >= 0.6 is 0 Å². The molecule has 1 fully saturated rings. The molecule has 1 saturated carbocycles. The van der Waals surface area contributed by atoms with E-state index in [-0.39, 0.29) is 12.5 Å². The third-order valence-electron chi connectivity index (χ3n) is 4.25. The molecule has 1 atom stereocenters. The zero-order valence-electron chi connectivity index (χ0n) is 12.4. The Hall–Kier alpha value is -2.08. The summed E-state index contributed by atoms with van der Waals surface area (Å²) < 4.78 is 5.22. The lowest BCUT2D eigenvalue weighted by Gasteiger charge is -2.19. The summed E-state index contributed by atoms with van der Waals surface area (Å²) in [7, 11) is 0. The van der Waals surface area contributed by atoms with Crippen LogP contribution in [0.5, 0.6) is 0 Å². The summed E-state index contributed by atoms with van der Waals surface area (Å²) in [6.45, 7) is -0.223. The van der Waals surface area contributed by atoms with Gasteiger partial charge in [-0.3, -0.25) is 9.89 Å². The molecule has 6 nitrogen and oxygen atoms in total. The van der Waals surface area contributed by atoms with Gasteiger partial charge in [-0.05, 0) is 31.0 Å². The number of aromatic amines is 1. The van der Waals surface area contributed by atoms with Crippen molar-refractivity contribution >= 4 is 5.91 Å². The number of hydrogen-bond acceptors (Lipinski definition) is 4. The first kappa shape index (κ1) is 14.8. The molecule has 22 heavy (non-hydrogen) atoms. The van der Waals surface area contributed by atoms with Gasteiger partial charge in [0.2, 0.25) is 0 Å². The fourth-order valence-corrected chi connectivity index (χ4v) is 3.00. The minimum Gasteiger partial charge on any atom is -0.467 e. The van der Waals surface area contributed by atoms with Gasteiger partial charge in [-0.15, -0.1) is 0 Å². The van der Waals surface area contributed by atoms with Crippen LogP contribution < -0.4 is 5.32 Å². The summed E-state index contributed by atoms with van der Waals surface area (Å²) in [6.07, 6.45) is 7.57. The van der Waals surface area contributed by atoms with Gasteiger partial charge < -0.3 is 14.8 Å². The van der Waals surface area contributed by atoms with Crippen molar-refractivity contribution in [2.24, 2.45) is 0 Å². The van der Waals surface area contributed by atoms with Gasteiger partial charge in [0.05, 0.1) is 12.9 Å². The molecule has 118 valence electrons. The van der Waals surface area contributed by atoms with Crippen LogP contribution in [0.15, 0.2) is 28.9 Å². The number of H-pyrrole nitrogens is 1. The summed E-state index contributed by atoms with van der Waals surface area (Å²) >= 11 is 0. The minimum absolute atomic E-state index is 0.223. The van der Waals surface area contributed by atoms with Gasteiger partial charge in [0.25, 0.3) is 5.91 Å². The van der Waals surface area contributed by atoms with Crippen LogP contribution in [-0.2, 0) is 0 Å². The summed E-state index contributed by atoms with van der Waals surface area (Å²) in [5.41, 5.74) is 1.38. The van der Waals surface area contributed by atoms with E-state index in [0.29, 0.717) is 17.4 Å². The smallest absolute Gasteiger partial charge is 0.272 e. The average Bonchev–Trinajstić information content (AvgIpc) is 3.24. The second-order valence-electron chi connectivity index (χ2n) is 5.77. The Morgan fingerprint density at radius 1 is 1.45 bits per heavy atom. The molecule has 2 heterocycles. The maximum atomic E-state index is 12.3. The second-order valence-corrected chi connectivity index (χ2v) is 5.77. The number of furan rings is 1. The fraction of sp³-hybridized carbons (Fsp3) is 0.500. The Balaban J connectivity index is 1.66. The zero-order chi connectivity index (χ0) is 15.4. The summed E-state index contributed by atoms with van der Waals surface area (Å²) in [5, 5.41) is 19.2. The molecule has 2 aromatic rings. The molecular formula is C16H21N3O3. The number of aromatic nitrogens is 2. The first-order valence-electron chi connectivity index (χ1n) is 7.78. The first-order valence-corrected chi connectivity index (χ1v) is 7.78. The number of nitrogens with one attached hydrogen (secondary N) is 2. The number of rotatable bonds is 5. The monoisotopic (exact) mass is 303 g/mol. The first-order chi connectivity index (χ1) is 10.8. The van der Waals surface area contributed by atoms with Crippen LogP contribution in [0.25, 0.3) is 0 Å². The van der Waals surface area contributed by atoms with Crippen molar-refractivity contribution in [3.8, 4) is 0 Å². The van der Waals surface area contributed by atoms with E-state index in [1.165, 1.54) is 25.5 Å². The van der Waals surface area contributed by atoms with Gasteiger partial charge in [0.1, 0.15) is 17.5 Å². The van der Waals surface area contributed by atoms with Crippen LogP contribution in [0.1, 0.15) is 66.0 Å². The molecule has 1 aliphatic carbocycles. The molecule has 1 aliphatic rings. The number of nitrogens with zero attached hydrogens (tertiary/aromatic N) is 1. The van der Waals surface area contributed by atoms with E-state index in [4.69, 9.17) is 4.42 Å². The molecule has 0 aliphatic heterocycles. The summed E-state index contributed by atoms with van der Waals surface area (Å²) in [4.78, 5) is 12.3. The molecule has 2 aromatic heterocycles. The summed E-state index contributed by atoms with van der Waals surface area (Å²) in [5.74, 6) is 0.689. The van der Waals surface area contributed by atoms with Crippen molar-refractivity contribution in [3.63, 3.8) is 0 Å². The Morgan fingerprint density at radius 2 is 2.27 bits per heavy atom. The minimum atomic E-state index is -0.558. The topological polar surface area (TPSA) is 91.1 Å². The lowest BCUT2D eigenvalue weighted by Crippen LogP contribution is -2.30. The molecule has 1 unspecified atom stereocenters. The normalized spacial score (nSPS) is 17.3. The molecule has 0 saturated heterocycles. The van der Waals surface area contributed by atoms with Crippen LogP contribution in [0.2, 0.25) is 0 Å². The Kier molecular flexibility index (Phi) is 4.58. The number of aliphatic hydroxyl groups excluding tert-OH is 1. The third-order valence-corrected chi connectivity index (χ3v) is 4.25. The average molecular weight is 303 g/mol. The van der Waals surface area contributed by atoms with Crippen molar-refractivity contribution in [2.45, 2.75) is 44.1 Å². The van der Waals surface area contributed by atoms with Crippen LogP contribution in [0.3, 0.4) is 0 Å². The predicted molar refractivity (Wildman–Crippen MR) is 80.4 cm³/mol. The van der Waals surface area contributed by atoms with Gasteiger partial charge in [0, 0.05) is 11.6 Å². The lowest BCUT2D eigenvalue weighted by molar-refractivity contribution is 0.0902. The standard InChI is InChI=1S/C16H21N3O3/c20-10-14(15-7-4-8-22-15)17-16(21)13-9-12(18-19-13)11-5-2-1-3-6-11/h4,7-9,11,14,20H,1-3,5-6,10H2,(H,17,21)(H,18,19). The van der Waals surface area contributed by atoms with Crippen molar-refractivity contribution in [3.05, 3.63) is 41.6 Å². The Labute approximate surface area is 128 Å². The molecule has 0 bridgehead atoms. The number of aliphatic hydroxyl groups is 1.